The number of benzene rings is 2. The molecule has 3 rings (SSSR count). The molecule has 0 unspecified atom stereocenters. The van der Waals surface area contributed by atoms with E-state index in [9.17, 15) is 4.79 Å². The summed E-state index contributed by atoms with van der Waals surface area (Å²) in [4.78, 5) is 11.7. The zero-order chi connectivity index (χ0) is 16.1. The summed E-state index contributed by atoms with van der Waals surface area (Å²) in [5, 5.41) is 6.57. The lowest BCUT2D eigenvalue weighted by Gasteiger charge is -2.07. The summed E-state index contributed by atoms with van der Waals surface area (Å²) in [7, 11) is 1.34. The predicted octanol–water partition coefficient (Wildman–Crippen LogP) is 3.44. The van der Waals surface area contributed by atoms with Gasteiger partial charge in [0.25, 0.3) is 0 Å². The number of esters is 1. The fourth-order valence-electron chi connectivity index (χ4n) is 2.23. The van der Waals surface area contributed by atoms with E-state index in [1.54, 1.807) is 6.20 Å². The van der Waals surface area contributed by atoms with Gasteiger partial charge in [-0.15, -0.1) is 0 Å². The Morgan fingerprint density at radius 2 is 1.83 bits per heavy atom. The maximum Gasteiger partial charge on any atom is 0.356 e. The molecule has 5 heteroatoms. The van der Waals surface area contributed by atoms with Gasteiger partial charge in [0.1, 0.15) is 12.4 Å². The number of rotatable bonds is 5. The number of nitrogens with one attached hydrogen (secondary N) is 1. The highest BCUT2D eigenvalue weighted by Gasteiger charge is 2.15. The standard InChI is InChI=1S/C18H16N2O3/c1-22-18(21)17-16(11-19-20-17)14-7-9-15(10-8-14)23-12-13-5-3-2-4-6-13/h2-11H,12H2,1H3,(H,19,20). The zero-order valence-electron chi connectivity index (χ0n) is 12.7. The first-order chi connectivity index (χ1) is 11.3. The number of H-pyrrole nitrogens is 1. The van der Waals surface area contributed by atoms with Gasteiger partial charge in [0, 0.05) is 5.56 Å². The number of carbonyl (C=O) groups is 1. The van der Waals surface area contributed by atoms with Gasteiger partial charge >= 0.3 is 5.97 Å². The first-order valence-electron chi connectivity index (χ1n) is 7.17. The molecule has 2 aromatic carbocycles. The van der Waals surface area contributed by atoms with Crippen LogP contribution in [0.3, 0.4) is 0 Å². The number of carbonyl (C=O) groups excluding carboxylic acids is 1. The van der Waals surface area contributed by atoms with Crippen molar-refractivity contribution in [3.8, 4) is 16.9 Å². The quantitative estimate of drug-likeness (QED) is 0.733. The van der Waals surface area contributed by atoms with E-state index in [0.29, 0.717) is 17.9 Å². The number of aromatic nitrogens is 2. The smallest absolute Gasteiger partial charge is 0.356 e. The van der Waals surface area contributed by atoms with Crippen LogP contribution >= 0.6 is 0 Å². The summed E-state index contributed by atoms with van der Waals surface area (Å²) in [6.07, 6.45) is 1.60. The second-order valence-electron chi connectivity index (χ2n) is 4.95. The molecular weight excluding hydrogens is 292 g/mol. The van der Waals surface area contributed by atoms with Crippen LogP contribution in [-0.4, -0.2) is 23.3 Å². The molecule has 1 heterocycles. The lowest BCUT2D eigenvalue weighted by Crippen LogP contribution is -2.03. The summed E-state index contributed by atoms with van der Waals surface area (Å²) < 4.78 is 10.5. The maximum atomic E-state index is 11.7. The van der Waals surface area contributed by atoms with Crippen molar-refractivity contribution in [3.05, 3.63) is 72.1 Å². The van der Waals surface area contributed by atoms with E-state index >= 15 is 0 Å². The Morgan fingerprint density at radius 3 is 2.52 bits per heavy atom. The Labute approximate surface area is 133 Å². The third kappa shape index (κ3) is 3.40. The molecule has 1 N–H and O–H groups in total. The summed E-state index contributed by atoms with van der Waals surface area (Å²) in [5.41, 5.74) is 3.02. The minimum Gasteiger partial charge on any atom is -0.489 e. The molecular formula is C18H16N2O3. The molecule has 0 bridgehead atoms. The number of nitrogens with zero attached hydrogens (tertiary/aromatic N) is 1. The molecule has 0 spiro atoms. The van der Waals surface area contributed by atoms with E-state index in [4.69, 9.17) is 9.47 Å². The minimum absolute atomic E-state index is 0.338. The summed E-state index contributed by atoms with van der Waals surface area (Å²) in [5.74, 6) is 0.322. The van der Waals surface area contributed by atoms with Gasteiger partial charge in [-0.05, 0) is 23.3 Å². The van der Waals surface area contributed by atoms with Crippen LogP contribution in [0.4, 0.5) is 0 Å². The predicted molar refractivity (Wildman–Crippen MR) is 86.1 cm³/mol. The maximum absolute atomic E-state index is 11.7. The van der Waals surface area contributed by atoms with Crippen LogP contribution in [0, 0.1) is 0 Å². The van der Waals surface area contributed by atoms with Crippen molar-refractivity contribution in [3.63, 3.8) is 0 Å². The monoisotopic (exact) mass is 308 g/mol. The van der Waals surface area contributed by atoms with Crippen molar-refractivity contribution in [2.45, 2.75) is 6.61 Å². The summed E-state index contributed by atoms with van der Waals surface area (Å²) in [6.45, 7) is 0.513. The molecule has 0 fully saturated rings. The molecule has 0 aliphatic heterocycles. The Balaban J connectivity index is 1.72. The highest BCUT2D eigenvalue weighted by atomic mass is 16.5. The normalized spacial score (nSPS) is 10.3. The zero-order valence-corrected chi connectivity index (χ0v) is 12.7. The van der Waals surface area contributed by atoms with Crippen LogP contribution in [0.15, 0.2) is 60.8 Å². The highest BCUT2D eigenvalue weighted by molar-refractivity contribution is 5.95. The van der Waals surface area contributed by atoms with Crippen LogP contribution in [0.2, 0.25) is 0 Å². The second-order valence-corrected chi connectivity index (χ2v) is 4.95. The topological polar surface area (TPSA) is 64.2 Å². The average Bonchev–Trinajstić information content (AvgIpc) is 3.10. The molecule has 23 heavy (non-hydrogen) atoms. The SMILES string of the molecule is COC(=O)c1[nH]ncc1-c1ccc(OCc2ccccc2)cc1. The lowest BCUT2D eigenvalue weighted by atomic mass is 10.1. The fraction of sp³-hybridized carbons (Fsp3) is 0.111. The van der Waals surface area contributed by atoms with Crippen molar-refractivity contribution in [1.82, 2.24) is 10.2 Å². The van der Waals surface area contributed by atoms with Gasteiger partial charge in [0.05, 0.1) is 13.3 Å². The number of hydrogen-bond acceptors (Lipinski definition) is 4. The molecule has 116 valence electrons. The average molecular weight is 308 g/mol. The molecule has 0 amide bonds. The summed E-state index contributed by atoms with van der Waals surface area (Å²) in [6, 6.07) is 17.5. The van der Waals surface area contributed by atoms with Crippen molar-refractivity contribution < 1.29 is 14.3 Å². The number of methoxy groups -OCH3 is 1. The molecule has 0 aliphatic rings. The number of hydrogen-bond donors (Lipinski definition) is 1. The number of ether oxygens (including phenoxy) is 2. The lowest BCUT2D eigenvalue weighted by molar-refractivity contribution is 0.0595. The van der Waals surface area contributed by atoms with Crippen molar-refractivity contribution in [1.29, 1.82) is 0 Å². The van der Waals surface area contributed by atoms with E-state index in [2.05, 4.69) is 10.2 Å². The van der Waals surface area contributed by atoms with Crippen LogP contribution < -0.4 is 4.74 Å². The van der Waals surface area contributed by atoms with Gasteiger partial charge in [-0.3, -0.25) is 5.10 Å². The largest absolute Gasteiger partial charge is 0.489 e. The van der Waals surface area contributed by atoms with E-state index in [-0.39, 0.29) is 0 Å². The Hall–Kier alpha value is -3.08. The third-order valence-corrected chi connectivity index (χ3v) is 3.44. The molecule has 5 nitrogen and oxygen atoms in total. The number of aromatic amines is 1. The Bertz CT molecular complexity index is 780. The van der Waals surface area contributed by atoms with Gasteiger partial charge in [0.15, 0.2) is 5.69 Å². The van der Waals surface area contributed by atoms with E-state index in [1.807, 2.05) is 54.6 Å². The van der Waals surface area contributed by atoms with Crippen LogP contribution in [0.25, 0.3) is 11.1 Å². The van der Waals surface area contributed by atoms with Crippen LogP contribution in [0.1, 0.15) is 16.1 Å². The van der Waals surface area contributed by atoms with E-state index in [1.165, 1.54) is 7.11 Å². The van der Waals surface area contributed by atoms with Crippen molar-refractivity contribution in [2.75, 3.05) is 7.11 Å². The highest BCUT2D eigenvalue weighted by Crippen LogP contribution is 2.25. The minimum atomic E-state index is -0.443. The van der Waals surface area contributed by atoms with Crippen molar-refractivity contribution in [2.24, 2.45) is 0 Å². The van der Waals surface area contributed by atoms with E-state index in [0.717, 1.165) is 16.9 Å². The van der Waals surface area contributed by atoms with Gasteiger partial charge in [-0.25, -0.2) is 4.79 Å². The van der Waals surface area contributed by atoms with Crippen LogP contribution in [-0.2, 0) is 11.3 Å². The molecule has 0 saturated carbocycles. The van der Waals surface area contributed by atoms with Gasteiger partial charge in [-0.2, -0.15) is 5.10 Å². The first-order valence-corrected chi connectivity index (χ1v) is 7.17. The van der Waals surface area contributed by atoms with Gasteiger partial charge in [0.2, 0.25) is 0 Å². The molecule has 1 aromatic heterocycles. The third-order valence-electron chi connectivity index (χ3n) is 3.44. The Kier molecular flexibility index (Phi) is 4.38. The van der Waals surface area contributed by atoms with Gasteiger partial charge < -0.3 is 9.47 Å². The Morgan fingerprint density at radius 1 is 1.09 bits per heavy atom. The fourth-order valence-corrected chi connectivity index (χ4v) is 2.23. The summed E-state index contributed by atoms with van der Waals surface area (Å²) >= 11 is 0. The molecule has 0 atom stereocenters. The molecule has 3 aromatic rings. The molecule has 0 aliphatic carbocycles. The molecule has 0 saturated heterocycles. The van der Waals surface area contributed by atoms with Gasteiger partial charge in [-0.1, -0.05) is 42.5 Å². The molecule has 0 radical (unpaired) electrons. The first kappa shape index (κ1) is 14.8. The van der Waals surface area contributed by atoms with Crippen LogP contribution in [0.5, 0.6) is 5.75 Å². The second kappa shape index (κ2) is 6.79. The van der Waals surface area contributed by atoms with Crippen molar-refractivity contribution >= 4 is 5.97 Å². The van der Waals surface area contributed by atoms with E-state index < -0.39 is 5.97 Å².